The highest BCUT2D eigenvalue weighted by atomic mass is 127. The van der Waals surface area contributed by atoms with Crippen molar-refractivity contribution in [2.75, 3.05) is 7.11 Å². The molecule has 3 atom stereocenters. The van der Waals surface area contributed by atoms with Crippen molar-refractivity contribution in [2.24, 2.45) is 5.92 Å². The van der Waals surface area contributed by atoms with Crippen LogP contribution in [0.15, 0.2) is 6.07 Å². The number of hydrogen-bond donors (Lipinski definition) is 1. The Balaban J connectivity index is 2.72. The summed E-state index contributed by atoms with van der Waals surface area (Å²) in [4.78, 5) is 23.8. The fraction of sp³-hybridized carbons (Fsp3) is 0.500. The molecule has 0 spiro atoms. The molecule has 0 aromatic carbocycles. The number of aromatic nitrogens is 1. The Morgan fingerprint density at radius 1 is 1.58 bits per heavy atom. The van der Waals surface area contributed by atoms with Crippen molar-refractivity contribution in [3.63, 3.8) is 0 Å². The number of nitrogens with zero attached hydrogens (tertiary/aromatic N) is 1. The molecule has 0 bridgehead atoms. The molecule has 0 unspecified atom stereocenters. The van der Waals surface area contributed by atoms with E-state index in [1.807, 2.05) is 22.6 Å². The van der Waals surface area contributed by atoms with Crippen LogP contribution in [0.2, 0.25) is 5.15 Å². The minimum absolute atomic E-state index is 0.282. The van der Waals surface area contributed by atoms with Crippen LogP contribution in [-0.4, -0.2) is 28.5 Å². The van der Waals surface area contributed by atoms with Crippen LogP contribution in [-0.2, 0) is 19.9 Å². The van der Waals surface area contributed by atoms with Crippen molar-refractivity contribution < 1.29 is 19.4 Å². The molecule has 0 amide bonds. The Kier molecular flexibility index (Phi) is 3.70. The number of rotatable bonds is 2. The molecule has 2 heterocycles. The first-order valence-electron chi connectivity index (χ1n) is 5.64. The first-order valence-corrected chi connectivity index (χ1v) is 7.10. The lowest BCUT2D eigenvalue weighted by Gasteiger charge is -2.26. The van der Waals surface area contributed by atoms with Crippen LogP contribution < -0.4 is 0 Å². The highest BCUT2D eigenvalue weighted by Crippen LogP contribution is 2.49. The van der Waals surface area contributed by atoms with E-state index in [1.165, 1.54) is 14.0 Å². The zero-order chi connectivity index (χ0) is 14.5. The molecule has 0 radical (unpaired) electrons. The lowest BCUT2D eigenvalue weighted by atomic mass is 9.81. The Labute approximate surface area is 129 Å². The van der Waals surface area contributed by atoms with Crippen LogP contribution in [0.25, 0.3) is 0 Å². The number of esters is 1. The van der Waals surface area contributed by atoms with Crippen molar-refractivity contribution in [2.45, 2.75) is 25.5 Å². The van der Waals surface area contributed by atoms with Gasteiger partial charge < -0.3 is 14.4 Å². The summed E-state index contributed by atoms with van der Waals surface area (Å²) >= 11 is 8.19. The number of methoxy groups -OCH3 is 1. The number of carbonyl (C=O) groups excluding carboxylic acids is 2. The Hall–Kier alpha value is -0.600. The van der Waals surface area contributed by atoms with Crippen LogP contribution >= 0.6 is 34.2 Å². The average molecular weight is 398 g/mol. The third-order valence-corrected chi connectivity index (χ3v) is 5.12. The zero-order valence-electron chi connectivity index (χ0n) is 10.6. The van der Waals surface area contributed by atoms with Crippen LogP contribution in [0.1, 0.15) is 25.6 Å². The average Bonchev–Trinajstić information content (AvgIpc) is 2.75. The zero-order valence-corrected chi connectivity index (χ0v) is 13.5. The molecule has 0 saturated heterocycles. The highest BCUT2D eigenvalue weighted by Gasteiger charge is 2.59. The van der Waals surface area contributed by atoms with Crippen LogP contribution in [0, 0.1) is 9.49 Å². The summed E-state index contributed by atoms with van der Waals surface area (Å²) in [6, 6.07) is 1.20. The molecule has 7 heteroatoms. The quantitative estimate of drug-likeness (QED) is 0.611. The second-order valence-corrected chi connectivity index (χ2v) is 6.15. The maximum absolute atomic E-state index is 12.0. The predicted molar refractivity (Wildman–Crippen MR) is 77.0 cm³/mol. The molecule has 1 aliphatic heterocycles. The summed E-state index contributed by atoms with van der Waals surface area (Å²) in [7, 11) is 1.18. The second kappa shape index (κ2) is 4.75. The van der Waals surface area contributed by atoms with Gasteiger partial charge in [0.2, 0.25) is 5.60 Å². The summed E-state index contributed by atoms with van der Waals surface area (Å²) in [6.45, 7) is 3.10. The van der Waals surface area contributed by atoms with Gasteiger partial charge in [0.25, 0.3) is 0 Å². The van der Waals surface area contributed by atoms with E-state index in [9.17, 15) is 14.7 Å². The first kappa shape index (κ1) is 14.8. The van der Waals surface area contributed by atoms with Gasteiger partial charge in [0, 0.05) is 6.04 Å². The molecule has 0 aliphatic carbocycles. The summed E-state index contributed by atoms with van der Waals surface area (Å²) in [5, 5.41) is 11.2. The van der Waals surface area contributed by atoms with Gasteiger partial charge in [-0.05, 0) is 42.5 Å². The van der Waals surface area contributed by atoms with Crippen molar-refractivity contribution in [3.05, 3.63) is 20.5 Å². The maximum Gasteiger partial charge on any atom is 0.345 e. The van der Waals surface area contributed by atoms with Crippen LogP contribution in [0.4, 0.5) is 0 Å². The molecule has 5 nitrogen and oxygen atoms in total. The van der Waals surface area contributed by atoms with Gasteiger partial charge in [-0.25, -0.2) is 4.79 Å². The Morgan fingerprint density at radius 3 is 2.63 bits per heavy atom. The molecule has 0 fully saturated rings. The molecule has 19 heavy (non-hydrogen) atoms. The predicted octanol–water partition coefficient (Wildman–Crippen LogP) is 1.89. The number of ketones is 1. The molecule has 0 saturated carbocycles. The largest absolute Gasteiger partial charge is 0.467 e. The number of halogens is 2. The van der Waals surface area contributed by atoms with Gasteiger partial charge in [-0.1, -0.05) is 11.6 Å². The van der Waals surface area contributed by atoms with E-state index in [4.69, 9.17) is 11.6 Å². The molecular weight excluding hydrogens is 384 g/mol. The first-order chi connectivity index (χ1) is 8.76. The Morgan fingerprint density at radius 2 is 2.16 bits per heavy atom. The number of aliphatic hydroxyl groups is 1. The van der Waals surface area contributed by atoms with Gasteiger partial charge in [0.15, 0.2) is 0 Å². The van der Waals surface area contributed by atoms with Crippen molar-refractivity contribution in [1.29, 1.82) is 0 Å². The summed E-state index contributed by atoms with van der Waals surface area (Å²) in [5.41, 5.74) is -1.67. The molecule has 1 N–H and O–H groups in total. The topological polar surface area (TPSA) is 68.5 Å². The minimum atomic E-state index is -1.98. The van der Waals surface area contributed by atoms with Crippen LogP contribution in [0.3, 0.4) is 0 Å². The number of Topliss-reactive ketones (excluding diaryl/α,β-unsaturated/α-hetero) is 1. The number of carbonyl (C=O) groups is 2. The molecule has 1 aromatic rings. The maximum atomic E-state index is 12.0. The molecule has 104 valence electrons. The molecule has 2 rings (SSSR count). The van der Waals surface area contributed by atoms with E-state index in [2.05, 4.69) is 4.74 Å². The fourth-order valence-electron chi connectivity index (χ4n) is 2.84. The Bertz CT molecular complexity index is 570. The van der Waals surface area contributed by atoms with E-state index in [0.717, 1.165) is 0 Å². The lowest BCUT2D eigenvalue weighted by molar-refractivity contribution is -0.172. The van der Waals surface area contributed by atoms with E-state index in [1.54, 1.807) is 17.6 Å². The van der Waals surface area contributed by atoms with Gasteiger partial charge >= 0.3 is 5.97 Å². The molecule has 1 aromatic heterocycles. The molecule has 1 aliphatic rings. The van der Waals surface area contributed by atoms with E-state index >= 15 is 0 Å². The second-order valence-electron chi connectivity index (χ2n) is 4.63. The summed E-state index contributed by atoms with van der Waals surface area (Å²) in [5.74, 6) is -2.02. The van der Waals surface area contributed by atoms with Crippen molar-refractivity contribution in [3.8, 4) is 0 Å². The van der Waals surface area contributed by atoms with Crippen molar-refractivity contribution >= 4 is 45.9 Å². The third kappa shape index (κ3) is 1.84. The number of fused-ring (bicyclic) bond motifs is 1. The monoisotopic (exact) mass is 397 g/mol. The minimum Gasteiger partial charge on any atom is -0.467 e. The van der Waals surface area contributed by atoms with Crippen LogP contribution in [0.5, 0.6) is 0 Å². The fourth-order valence-corrected chi connectivity index (χ4v) is 3.69. The third-order valence-electron chi connectivity index (χ3n) is 3.60. The van der Waals surface area contributed by atoms with Gasteiger partial charge in [0.05, 0.1) is 22.3 Å². The van der Waals surface area contributed by atoms with Gasteiger partial charge in [-0.15, -0.1) is 0 Å². The standard InChI is InChI=1S/C12H13ClINO4/c1-5-9(6(2)16)12(18,11(17)19-3)8-4-7(14)10(13)15(5)8/h4-5,9,18H,1-3H3/t5-,9+,12+/m1/s1. The number of hydrogen-bond acceptors (Lipinski definition) is 4. The smallest absolute Gasteiger partial charge is 0.345 e. The normalized spacial score (nSPS) is 29.2. The van der Waals surface area contributed by atoms with Gasteiger partial charge in [-0.3, -0.25) is 4.79 Å². The van der Waals surface area contributed by atoms with Gasteiger partial charge in [0.1, 0.15) is 10.9 Å². The van der Waals surface area contributed by atoms with E-state index in [-0.39, 0.29) is 5.78 Å². The van der Waals surface area contributed by atoms with Gasteiger partial charge in [-0.2, -0.15) is 0 Å². The highest BCUT2D eigenvalue weighted by molar-refractivity contribution is 14.1. The van der Waals surface area contributed by atoms with E-state index < -0.39 is 23.5 Å². The molecular formula is C12H13ClINO4. The summed E-state index contributed by atoms with van der Waals surface area (Å²) < 4.78 is 7.00. The summed E-state index contributed by atoms with van der Waals surface area (Å²) in [6.07, 6.45) is 0. The lowest BCUT2D eigenvalue weighted by Crippen LogP contribution is -2.44. The SMILES string of the molecule is COC(=O)[C@]1(O)c2cc(I)c(Cl)n2[C@H](C)[C@H]1C(C)=O. The number of ether oxygens (including phenoxy) is 1. The van der Waals surface area contributed by atoms with Crippen molar-refractivity contribution in [1.82, 2.24) is 4.57 Å². The van der Waals surface area contributed by atoms with E-state index in [0.29, 0.717) is 14.4 Å².